The zero-order valence-corrected chi connectivity index (χ0v) is 10.3. The van der Waals surface area contributed by atoms with Crippen LogP contribution in [0, 0.1) is 0 Å². The van der Waals surface area contributed by atoms with Gasteiger partial charge in [0, 0.05) is 0 Å². The van der Waals surface area contributed by atoms with Crippen LogP contribution in [0.1, 0.15) is 16.7 Å². The Balaban J connectivity index is 1.96. The van der Waals surface area contributed by atoms with Crippen molar-refractivity contribution in [1.29, 1.82) is 0 Å². The molecule has 0 fully saturated rings. The second-order valence-corrected chi connectivity index (χ2v) is 4.58. The zero-order valence-electron chi connectivity index (χ0n) is 10.3. The topological polar surface area (TPSA) is 26.3 Å². The number of carbonyl (C=O) groups is 1. The maximum Gasteiger partial charge on any atom is 0.309 e. The summed E-state index contributed by atoms with van der Waals surface area (Å²) in [6.45, 7) is 0. The highest BCUT2D eigenvalue weighted by Gasteiger charge is 2.18. The van der Waals surface area contributed by atoms with Crippen molar-refractivity contribution >= 4 is 5.97 Å². The number of esters is 1. The average molecular weight is 238 g/mol. The molecule has 0 atom stereocenters. The van der Waals surface area contributed by atoms with Gasteiger partial charge >= 0.3 is 5.97 Å². The maximum atomic E-state index is 11.3. The normalized spacial score (nSPS) is 11.8. The molecule has 0 spiro atoms. The van der Waals surface area contributed by atoms with Crippen LogP contribution in [0.25, 0.3) is 11.1 Å². The van der Waals surface area contributed by atoms with E-state index in [9.17, 15) is 4.79 Å². The fourth-order valence-corrected chi connectivity index (χ4v) is 2.55. The number of carbonyl (C=O) groups excluding carboxylic acids is 1. The van der Waals surface area contributed by atoms with Gasteiger partial charge in [-0.05, 0) is 34.2 Å². The molecule has 0 heterocycles. The Labute approximate surface area is 106 Å². The van der Waals surface area contributed by atoms with Gasteiger partial charge in [-0.15, -0.1) is 0 Å². The second-order valence-electron chi connectivity index (χ2n) is 4.58. The van der Waals surface area contributed by atoms with E-state index in [1.165, 1.54) is 29.4 Å². The van der Waals surface area contributed by atoms with Gasteiger partial charge in [0.05, 0.1) is 13.5 Å². The lowest BCUT2D eigenvalue weighted by Crippen LogP contribution is -2.04. The zero-order chi connectivity index (χ0) is 12.5. The van der Waals surface area contributed by atoms with E-state index in [-0.39, 0.29) is 5.97 Å². The van der Waals surface area contributed by atoms with Crippen LogP contribution in [0.2, 0.25) is 0 Å². The predicted molar refractivity (Wildman–Crippen MR) is 70.4 cm³/mol. The van der Waals surface area contributed by atoms with Gasteiger partial charge in [0.25, 0.3) is 0 Å². The van der Waals surface area contributed by atoms with Gasteiger partial charge in [0.15, 0.2) is 0 Å². The molecule has 0 aromatic heterocycles. The lowest BCUT2D eigenvalue weighted by molar-refractivity contribution is -0.139. The van der Waals surface area contributed by atoms with Gasteiger partial charge in [-0.25, -0.2) is 0 Å². The summed E-state index contributed by atoms with van der Waals surface area (Å²) in [5.41, 5.74) is 6.30. The number of hydrogen-bond acceptors (Lipinski definition) is 2. The van der Waals surface area contributed by atoms with Crippen molar-refractivity contribution in [2.45, 2.75) is 12.8 Å². The fraction of sp³-hybridized carbons (Fsp3) is 0.188. The van der Waals surface area contributed by atoms with Gasteiger partial charge in [0.2, 0.25) is 0 Å². The first-order chi connectivity index (χ1) is 8.78. The van der Waals surface area contributed by atoms with Crippen molar-refractivity contribution in [3.05, 3.63) is 59.2 Å². The van der Waals surface area contributed by atoms with Gasteiger partial charge in [0.1, 0.15) is 0 Å². The van der Waals surface area contributed by atoms with Crippen LogP contribution >= 0.6 is 0 Å². The molecule has 2 heteroatoms. The molecule has 1 aliphatic carbocycles. The summed E-state index contributed by atoms with van der Waals surface area (Å²) >= 11 is 0. The number of benzene rings is 2. The number of ether oxygens (including phenoxy) is 1. The smallest absolute Gasteiger partial charge is 0.309 e. The highest BCUT2D eigenvalue weighted by atomic mass is 16.5. The van der Waals surface area contributed by atoms with E-state index < -0.39 is 0 Å². The molecule has 90 valence electrons. The summed E-state index contributed by atoms with van der Waals surface area (Å²) < 4.78 is 4.70. The van der Waals surface area contributed by atoms with E-state index in [1.54, 1.807) is 0 Å². The Morgan fingerprint density at radius 2 is 1.89 bits per heavy atom. The van der Waals surface area contributed by atoms with Crippen molar-refractivity contribution in [2.75, 3.05) is 7.11 Å². The first kappa shape index (κ1) is 11.0. The molecular weight excluding hydrogens is 224 g/mol. The third kappa shape index (κ3) is 1.80. The Morgan fingerprint density at radius 1 is 1.11 bits per heavy atom. The minimum atomic E-state index is -0.189. The summed E-state index contributed by atoms with van der Waals surface area (Å²) in [7, 11) is 1.42. The van der Waals surface area contributed by atoms with Crippen LogP contribution in [0.3, 0.4) is 0 Å². The Hall–Kier alpha value is -2.09. The largest absolute Gasteiger partial charge is 0.469 e. The van der Waals surface area contributed by atoms with Crippen LogP contribution in [0.15, 0.2) is 42.5 Å². The number of fused-ring (bicyclic) bond motifs is 3. The van der Waals surface area contributed by atoms with E-state index in [1.807, 2.05) is 6.07 Å². The van der Waals surface area contributed by atoms with E-state index in [0.717, 1.165) is 12.0 Å². The number of methoxy groups -OCH3 is 1. The van der Waals surface area contributed by atoms with Crippen LogP contribution < -0.4 is 0 Å². The number of rotatable bonds is 2. The molecular formula is C16H14O2. The molecule has 0 amide bonds. The van der Waals surface area contributed by atoms with Crippen molar-refractivity contribution < 1.29 is 9.53 Å². The van der Waals surface area contributed by atoms with Crippen molar-refractivity contribution in [3.63, 3.8) is 0 Å². The summed E-state index contributed by atoms with van der Waals surface area (Å²) in [6, 6.07) is 14.7. The standard InChI is InChI=1S/C16H14O2/c1-18-16(17)9-11-6-7-15-13(8-11)10-12-4-2-3-5-14(12)15/h2-8H,9-10H2,1H3. The van der Waals surface area contributed by atoms with Crippen molar-refractivity contribution in [3.8, 4) is 11.1 Å². The van der Waals surface area contributed by atoms with E-state index in [4.69, 9.17) is 4.74 Å². The molecule has 0 radical (unpaired) electrons. The SMILES string of the molecule is COC(=O)Cc1ccc2c(c1)Cc1ccccc1-2. The molecule has 2 aromatic rings. The predicted octanol–water partition coefficient (Wildman–Crippen LogP) is 2.97. The molecule has 18 heavy (non-hydrogen) atoms. The molecule has 0 aliphatic heterocycles. The molecule has 3 rings (SSSR count). The Bertz CT molecular complexity index is 614. The molecule has 0 saturated heterocycles. The summed E-state index contributed by atoms with van der Waals surface area (Å²) in [5, 5.41) is 0. The Morgan fingerprint density at radius 3 is 2.72 bits per heavy atom. The third-order valence-electron chi connectivity index (χ3n) is 3.43. The molecule has 1 aliphatic rings. The quantitative estimate of drug-likeness (QED) is 0.641. The van der Waals surface area contributed by atoms with Crippen LogP contribution in [-0.2, 0) is 22.4 Å². The van der Waals surface area contributed by atoms with Crippen molar-refractivity contribution in [2.24, 2.45) is 0 Å². The molecule has 0 saturated carbocycles. The lowest BCUT2D eigenvalue weighted by atomic mass is 10.0. The van der Waals surface area contributed by atoms with E-state index in [0.29, 0.717) is 6.42 Å². The van der Waals surface area contributed by atoms with Gasteiger partial charge in [-0.3, -0.25) is 4.79 Å². The summed E-state index contributed by atoms with van der Waals surface area (Å²) in [6.07, 6.45) is 1.31. The monoisotopic (exact) mass is 238 g/mol. The van der Waals surface area contributed by atoms with Crippen LogP contribution in [0.5, 0.6) is 0 Å². The minimum absolute atomic E-state index is 0.189. The van der Waals surface area contributed by atoms with Crippen LogP contribution in [0.4, 0.5) is 0 Å². The first-order valence-corrected chi connectivity index (χ1v) is 6.05. The van der Waals surface area contributed by atoms with E-state index >= 15 is 0 Å². The summed E-state index contributed by atoms with van der Waals surface area (Å²) in [5.74, 6) is -0.189. The van der Waals surface area contributed by atoms with Gasteiger partial charge in [-0.2, -0.15) is 0 Å². The molecule has 0 bridgehead atoms. The minimum Gasteiger partial charge on any atom is -0.469 e. The number of hydrogen-bond donors (Lipinski definition) is 0. The fourth-order valence-electron chi connectivity index (χ4n) is 2.55. The van der Waals surface area contributed by atoms with Gasteiger partial charge in [-0.1, -0.05) is 42.5 Å². The molecule has 0 unspecified atom stereocenters. The first-order valence-electron chi connectivity index (χ1n) is 6.05. The second kappa shape index (κ2) is 4.30. The maximum absolute atomic E-state index is 11.3. The van der Waals surface area contributed by atoms with Crippen LogP contribution in [-0.4, -0.2) is 13.1 Å². The average Bonchev–Trinajstić information content (AvgIpc) is 2.76. The lowest BCUT2D eigenvalue weighted by Gasteiger charge is -2.04. The molecule has 2 nitrogen and oxygen atoms in total. The van der Waals surface area contributed by atoms with E-state index in [2.05, 4.69) is 36.4 Å². The molecule has 0 N–H and O–H groups in total. The molecule has 2 aromatic carbocycles. The van der Waals surface area contributed by atoms with Gasteiger partial charge < -0.3 is 4.74 Å². The Kier molecular flexibility index (Phi) is 2.63. The third-order valence-corrected chi connectivity index (χ3v) is 3.43. The highest BCUT2D eigenvalue weighted by Crippen LogP contribution is 2.36. The van der Waals surface area contributed by atoms with Crippen molar-refractivity contribution in [1.82, 2.24) is 0 Å². The summed E-state index contributed by atoms with van der Waals surface area (Å²) in [4.78, 5) is 11.3. The highest BCUT2D eigenvalue weighted by molar-refractivity contribution is 5.78.